The van der Waals surface area contributed by atoms with Crippen LogP contribution >= 0.6 is 11.6 Å². The van der Waals surface area contributed by atoms with Crippen LogP contribution in [0.3, 0.4) is 0 Å². The monoisotopic (exact) mass is 241 g/mol. The molecule has 0 saturated heterocycles. The zero-order valence-corrected chi connectivity index (χ0v) is 8.53. The van der Waals surface area contributed by atoms with Gasteiger partial charge in [-0.15, -0.1) is 0 Å². The Morgan fingerprint density at radius 3 is 2.81 bits per heavy atom. The SMILES string of the molecule is O=c1[nH]c(Cl)c(F)c(=O)n1-c1cccnc1. The molecule has 7 heteroatoms. The largest absolute Gasteiger partial charge is 0.334 e. The van der Waals surface area contributed by atoms with Crippen LogP contribution in [0.2, 0.25) is 5.15 Å². The molecule has 0 fully saturated rings. The van der Waals surface area contributed by atoms with E-state index in [0.29, 0.717) is 4.57 Å². The third kappa shape index (κ3) is 1.63. The Balaban J connectivity index is 2.82. The van der Waals surface area contributed by atoms with E-state index in [9.17, 15) is 14.0 Å². The fourth-order valence-electron chi connectivity index (χ4n) is 1.21. The van der Waals surface area contributed by atoms with Gasteiger partial charge < -0.3 is 0 Å². The van der Waals surface area contributed by atoms with Crippen molar-refractivity contribution in [2.45, 2.75) is 0 Å². The van der Waals surface area contributed by atoms with E-state index in [4.69, 9.17) is 11.6 Å². The normalized spacial score (nSPS) is 10.4. The maximum absolute atomic E-state index is 13.2. The van der Waals surface area contributed by atoms with Crippen LogP contribution in [-0.2, 0) is 0 Å². The molecule has 2 heterocycles. The molecule has 0 saturated carbocycles. The first kappa shape index (κ1) is 10.6. The van der Waals surface area contributed by atoms with Crippen molar-refractivity contribution >= 4 is 11.6 Å². The molecule has 0 aliphatic carbocycles. The van der Waals surface area contributed by atoms with Crippen molar-refractivity contribution in [1.29, 1.82) is 0 Å². The van der Waals surface area contributed by atoms with Gasteiger partial charge in [0, 0.05) is 6.20 Å². The average Bonchev–Trinajstić information content (AvgIpc) is 2.28. The van der Waals surface area contributed by atoms with E-state index >= 15 is 0 Å². The highest BCUT2D eigenvalue weighted by Crippen LogP contribution is 2.04. The van der Waals surface area contributed by atoms with Crippen molar-refractivity contribution in [3.05, 3.63) is 56.3 Å². The highest BCUT2D eigenvalue weighted by molar-refractivity contribution is 6.29. The van der Waals surface area contributed by atoms with Crippen molar-refractivity contribution in [2.75, 3.05) is 0 Å². The van der Waals surface area contributed by atoms with Gasteiger partial charge in [-0.3, -0.25) is 14.8 Å². The van der Waals surface area contributed by atoms with Crippen LogP contribution in [0.5, 0.6) is 0 Å². The molecule has 2 aromatic heterocycles. The maximum Gasteiger partial charge on any atom is 0.334 e. The Kier molecular flexibility index (Phi) is 2.57. The Morgan fingerprint density at radius 1 is 1.44 bits per heavy atom. The number of hydrogen-bond donors (Lipinski definition) is 1. The summed E-state index contributed by atoms with van der Waals surface area (Å²) >= 11 is 5.32. The Bertz CT molecular complexity index is 635. The summed E-state index contributed by atoms with van der Waals surface area (Å²) < 4.78 is 13.8. The molecule has 5 nitrogen and oxygen atoms in total. The fraction of sp³-hybridized carbons (Fsp3) is 0. The molecule has 16 heavy (non-hydrogen) atoms. The Hall–Kier alpha value is -1.95. The lowest BCUT2D eigenvalue weighted by Gasteiger charge is -2.03. The molecule has 0 aromatic carbocycles. The number of aromatic nitrogens is 3. The van der Waals surface area contributed by atoms with Crippen molar-refractivity contribution in [3.8, 4) is 5.69 Å². The third-order valence-corrected chi connectivity index (χ3v) is 2.17. The van der Waals surface area contributed by atoms with E-state index < -0.39 is 22.2 Å². The molecule has 0 unspecified atom stereocenters. The lowest BCUT2D eigenvalue weighted by Crippen LogP contribution is -2.35. The van der Waals surface area contributed by atoms with Gasteiger partial charge in [-0.2, -0.15) is 4.39 Å². The van der Waals surface area contributed by atoms with Gasteiger partial charge in [0.1, 0.15) is 0 Å². The highest BCUT2D eigenvalue weighted by Gasteiger charge is 2.13. The van der Waals surface area contributed by atoms with E-state index in [1.165, 1.54) is 24.5 Å². The quantitative estimate of drug-likeness (QED) is 0.748. The van der Waals surface area contributed by atoms with Crippen LogP contribution in [0.1, 0.15) is 0 Å². The molecule has 2 rings (SSSR count). The second-order valence-electron chi connectivity index (χ2n) is 2.91. The summed E-state index contributed by atoms with van der Waals surface area (Å²) in [4.78, 5) is 28.7. The van der Waals surface area contributed by atoms with Crippen molar-refractivity contribution < 1.29 is 4.39 Å². The number of H-pyrrole nitrogens is 1. The highest BCUT2D eigenvalue weighted by atomic mass is 35.5. The van der Waals surface area contributed by atoms with Crippen molar-refractivity contribution in [2.24, 2.45) is 0 Å². The second-order valence-corrected chi connectivity index (χ2v) is 3.29. The minimum absolute atomic E-state index is 0.171. The number of halogens is 2. The lowest BCUT2D eigenvalue weighted by molar-refractivity contribution is 0.584. The molecule has 0 aliphatic heterocycles. The fourth-order valence-corrected chi connectivity index (χ4v) is 1.37. The summed E-state index contributed by atoms with van der Waals surface area (Å²) in [5.41, 5.74) is -1.75. The van der Waals surface area contributed by atoms with Crippen LogP contribution in [0.4, 0.5) is 4.39 Å². The van der Waals surface area contributed by atoms with E-state index in [1.807, 2.05) is 4.98 Å². The van der Waals surface area contributed by atoms with E-state index in [2.05, 4.69) is 4.98 Å². The van der Waals surface area contributed by atoms with Gasteiger partial charge in [0.05, 0.1) is 11.9 Å². The molecule has 0 atom stereocenters. The average molecular weight is 242 g/mol. The molecule has 2 aromatic rings. The summed E-state index contributed by atoms with van der Waals surface area (Å²) in [7, 11) is 0. The van der Waals surface area contributed by atoms with Crippen LogP contribution in [-0.4, -0.2) is 14.5 Å². The van der Waals surface area contributed by atoms with E-state index in [1.54, 1.807) is 0 Å². The number of aromatic amines is 1. The molecular weight excluding hydrogens is 237 g/mol. The number of pyridine rings is 1. The third-order valence-electron chi connectivity index (χ3n) is 1.91. The summed E-state index contributed by atoms with van der Waals surface area (Å²) in [6.07, 6.45) is 2.74. The van der Waals surface area contributed by atoms with Crippen LogP contribution < -0.4 is 11.2 Å². The van der Waals surface area contributed by atoms with E-state index in [0.717, 1.165) is 0 Å². The zero-order chi connectivity index (χ0) is 11.7. The number of nitrogens with one attached hydrogen (secondary N) is 1. The molecule has 0 aliphatic rings. The first-order valence-electron chi connectivity index (χ1n) is 4.22. The minimum Gasteiger partial charge on any atom is -0.295 e. The van der Waals surface area contributed by atoms with Crippen LogP contribution in [0, 0.1) is 5.82 Å². The minimum atomic E-state index is -1.20. The zero-order valence-electron chi connectivity index (χ0n) is 7.78. The first-order chi connectivity index (χ1) is 7.61. The molecular formula is C9H5ClFN3O2. The predicted molar refractivity (Wildman–Crippen MR) is 55.4 cm³/mol. The van der Waals surface area contributed by atoms with Gasteiger partial charge in [0.15, 0.2) is 5.15 Å². The van der Waals surface area contributed by atoms with Gasteiger partial charge in [-0.25, -0.2) is 9.36 Å². The van der Waals surface area contributed by atoms with Gasteiger partial charge in [0.2, 0.25) is 5.82 Å². The standard InChI is InChI=1S/C9H5ClFN3O2/c10-7-6(11)8(15)14(9(16)13-7)5-2-1-3-12-4-5/h1-4H,(H,13,16). The van der Waals surface area contributed by atoms with Crippen molar-refractivity contribution in [3.63, 3.8) is 0 Å². The molecule has 0 amide bonds. The predicted octanol–water partition coefficient (Wildman–Crippen LogP) is 0.713. The van der Waals surface area contributed by atoms with E-state index in [-0.39, 0.29) is 5.69 Å². The van der Waals surface area contributed by atoms with Crippen molar-refractivity contribution in [1.82, 2.24) is 14.5 Å². The smallest absolute Gasteiger partial charge is 0.295 e. The molecule has 0 spiro atoms. The number of hydrogen-bond acceptors (Lipinski definition) is 3. The molecule has 82 valence electrons. The number of rotatable bonds is 1. The van der Waals surface area contributed by atoms with Crippen LogP contribution in [0.25, 0.3) is 5.69 Å². The topological polar surface area (TPSA) is 67.8 Å². The number of nitrogens with zero attached hydrogens (tertiary/aromatic N) is 2. The summed E-state index contributed by atoms with van der Waals surface area (Å²) in [5, 5.41) is -0.602. The van der Waals surface area contributed by atoms with Gasteiger partial charge >= 0.3 is 5.69 Å². The van der Waals surface area contributed by atoms with Gasteiger partial charge in [-0.05, 0) is 12.1 Å². The maximum atomic E-state index is 13.2. The summed E-state index contributed by atoms with van der Waals surface area (Å²) in [6.45, 7) is 0. The Morgan fingerprint density at radius 2 is 2.19 bits per heavy atom. The van der Waals surface area contributed by atoms with Crippen LogP contribution in [0.15, 0.2) is 34.1 Å². The summed E-state index contributed by atoms with van der Waals surface area (Å²) in [5.74, 6) is -1.20. The first-order valence-corrected chi connectivity index (χ1v) is 4.60. The second kappa shape index (κ2) is 3.90. The molecule has 1 N–H and O–H groups in total. The lowest BCUT2D eigenvalue weighted by atomic mass is 10.4. The van der Waals surface area contributed by atoms with Gasteiger partial charge in [-0.1, -0.05) is 11.6 Å². The molecule has 0 radical (unpaired) electrons. The summed E-state index contributed by atoms with van der Waals surface area (Å²) in [6, 6.07) is 2.98. The molecule has 0 bridgehead atoms. The van der Waals surface area contributed by atoms with Gasteiger partial charge in [0.25, 0.3) is 5.56 Å². The Labute approximate surface area is 93.1 Å².